The maximum atomic E-state index is 12.9. The summed E-state index contributed by atoms with van der Waals surface area (Å²) in [5.41, 5.74) is 4.98. The molecule has 2 aromatic carbocycles. The van der Waals surface area contributed by atoms with Crippen LogP contribution < -0.4 is 4.90 Å². The normalized spacial score (nSPS) is 15.8. The molecule has 0 unspecified atom stereocenters. The van der Waals surface area contributed by atoms with E-state index < -0.39 is 0 Å². The second-order valence-electron chi connectivity index (χ2n) is 8.20. The van der Waals surface area contributed by atoms with Crippen LogP contribution in [0.2, 0.25) is 0 Å². The Morgan fingerprint density at radius 3 is 2.57 bits per heavy atom. The molecule has 6 heteroatoms. The summed E-state index contributed by atoms with van der Waals surface area (Å²) in [4.78, 5) is 24.2. The van der Waals surface area contributed by atoms with Crippen LogP contribution in [0, 0.1) is 13.8 Å². The minimum absolute atomic E-state index is 0.114. The number of amides is 1. The molecule has 2 heterocycles. The fourth-order valence-corrected chi connectivity index (χ4v) is 5.07. The maximum absolute atomic E-state index is 12.9. The van der Waals surface area contributed by atoms with Gasteiger partial charge in [-0.05, 0) is 57.1 Å². The standard InChI is InChI=1S/C24H30N4OS/c1-17-8-7-10-21(18(17)2)27-12-14-28(15-13-27)23(29)16-26(4)19(3)24-25-20-9-5-6-11-22(20)30-24/h5-11,19H,12-16H2,1-4H3/t19-/m0/s1. The van der Waals surface area contributed by atoms with Gasteiger partial charge in [0.25, 0.3) is 0 Å². The number of aryl methyl sites for hydroxylation is 1. The largest absolute Gasteiger partial charge is 0.368 e. The van der Waals surface area contributed by atoms with Crippen molar-refractivity contribution >= 4 is 33.1 Å². The maximum Gasteiger partial charge on any atom is 0.236 e. The first kappa shape index (κ1) is 20.8. The first-order valence-electron chi connectivity index (χ1n) is 10.6. The van der Waals surface area contributed by atoms with E-state index in [4.69, 9.17) is 4.98 Å². The van der Waals surface area contributed by atoms with E-state index in [1.807, 2.05) is 30.1 Å². The summed E-state index contributed by atoms with van der Waals surface area (Å²) >= 11 is 1.71. The predicted octanol–water partition coefficient (Wildman–Crippen LogP) is 4.25. The second kappa shape index (κ2) is 8.74. The SMILES string of the molecule is Cc1cccc(N2CCN(C(=O)CN(C)[C@@H](C)c3nc4ccccc4s3)CC2)c1C. The minimum Gasteiger partial charge on any atom is -0.368 e. The zero-order valence-electron chi connectivity index (χ0n) is 18.3. The molecule has 30 heavy (non-hydrogen) atoms. The number of nitrogens with zero attached hydrogens (tertiary/aromatic N) is 4. The summed E-state index contributed by atoms with van der Waals surface area (Å²) in [6.45, 7) is 10.2. The van der Waals surface area contributed by atoms with Crippen molar-refractivity contribution in [3.63, 3.8) is 0 Å². The zero-order valence-corrected chi connectivity index (χ0v) is 19.1. The Morgan fingerprint density at radius 1 is 1.10 bits per heavy atom. The average Bonchev–Trinajstić information content (AvgIpc) is 3.19. The third-order valence-electron chi connectivity index (χ3n) is 6.26. The van der Waals surface area contributed by atoms with E-state index in [1.54, 1.807) is 11.3 Å². The molecule has 1 aliphatic rings. The van der Waals surface area contributed by atoms with Crippen molar-refractivity contribution in [2.45, 2.75) is 26.8 Å². The highest BCUT2D eigenvalue weighted by Gasteiger charge is 2.25. The molecule has 0 N–H and O–H groups in total. The van der Waals surface area contributed by atoms with Gasteiger partial charge >= 0.3 is 0 Å². The molecule has 1 atom stereocenters. The number of carbonyl (C=O) groups excluding carboxylic acids is 1. The Morgan fingerprint density at radius 2 is 1.83 bits per heavy atom. The number of aromatic nitrogens is 1. The Hall–Kier alpha value is -2.44. The molecule has 0 bridgehead atoms. The molecular formula is C24H30N4OS. The molecule has 1 amide bonds. The molecule has 4 rings (SSSR count). The van der Waals surface area contributed by atoms with Gasteiger partial charge < -0.3 is 9.80 Å². The van der Waals surface area contributed by atoms with Gasteiger partial charge in [0.15, 0.2) is 0 Å². The molecule has 0 radical (unpaired) electrons. The number of thiazole rings is 1. The highest BCUT2D eigenvalue weighted by molar-refractivity contribution is 7.18. The lowest BCUT2D eigenvalue weighted by atomic mass is 10.1. The smallest absolute Gasteiger partial charge is 0.236 e. The molecule has 158 valence electrons. The van der Waals surface area contributed by atoms with Gasteiger partial charge in [0.1, 0.15) is 5.01 Å². The average molecular weight is 423 g/mol. The molecule has 1 aliphatic heterocycles. The van der Waals surface area contributed by atoms with E-state index >= 15 is 0 Å². The minimum atomic E-state index is 0.114. The summed E-state index contributed by atoms with van der Waals surface area (Å²) < 4.78 is 1.20. The molecule has 1 fully saturated rings. The van der Waals surface area contributed by atoms with Gasteiger partial charge in [-0.15, -0.1) is 11.3 Å². The highest BCUT2D eigenvalue weighted by Crippen LogP contribution is 2.29. The number of fused-ring (bicyclic) bond motifs is 1. The molecular weight excluding hydrogens is 392 g/mol. The predicted molar refractivity (Wildman–Crippen MR) is 125 cm³/mol. The van der Waals surface area contributed by atoms with Gasteiger partial charge in [-0.2, -0.15) is 0 Å². The summed E-state index contributed by atoms with van der Waals surface area (Å²) in [7, 11) is 2.01. The van der Waals surface area contributed by atoms with E-state index in [2.05, 4.69) is 54.8 Å². The van der Waals surface area contributed by atoms with Crippen molar-refractivity contribution < 1.29 is 4.79 Å². The Labute approximate surface area is 182 Å². The van der Waals surface area contributed by atoms with Gasteiger partial charge in [0.05, 0.1) is 22.8 Å². The molecule has 1 aromatic heterocycles. The van der Waals surface area contributed by atoms with Gasteiger partial charge in [-0.1, -0.05) is 24.3 Å². The number of carbonyl (C=O) groups is 1. The highest BCUT2D eigenvalue weighted by atomic mass is 32.1. The van der Waals surface area contributed by atoms with E-state index in [0.717, 1.165) is 36.7 Å². The lowest BCUT2D eigenvalue weighted by Gasteiger charge is -2.38. The number of hydrogen-bond acceptors (Lipinski definition) is 5. The van der Waals surface area contributed by atoms with Crippen molar-refractivity contribution in [2.75, 3.05) is 44.7 Å². The van der Waals surface area contributed by atoms with Crippen LogP contribution in [0.15, 0.2) is 42.5 Å². The zero-order chi connectivity index (χ0) is 21.3. The lowest BCUT2D eigenvalue weighted by molar-refractivity contribution is -0.132. The third-order valence-corrected chi connectivity index (χ3v) is 7.47. The lowest BCUT2D eigenvalue weighted by Crippen LogP contribution is -2.51. The van der Waals surface area contributed by atoms with Gasteiger partial charge in [-0.3, -0.25) is 9.69 Å². The number of likely N-dealkylation sites (N-methyl/N-ethyl adjacent to an activating group) is 1. The summed E-state index contributed by atoms with van der Waals surface area (Å²) in [6, 6.07) is 14.8. The molecule has 1 saturated heterocycles. The Kier molecular flexibility index (Phi) is 6.06. The van der Waals surface area contributed by atoms with Crippen LogP contribution in [-0.4, -0.2) is 60.5 Å². The molecule has 3 aromatic rings. The molecule has 5 nitrogen and oxygen atoms in total. The van der Waals surface area contributed by atoms with Crippen molar-refractivity contribution in [1.29, 1.82) is 0 Å². The fourth-order valence-electron chi connectivity index (χ4n) is 3.98. The van der Waals surface area contributed by atoms with Crippen LogP contribution in [0.25, 0.3) is 10.2 Å². The molecule has 0 spiro atoms. The number of rotatable bonds is 5. The monoisotopic (exact) mass is 422 g/mol. The summed E-state index contributed by atoms with van der Waals surface area (Å²) in [5, 5.41) is 1.06. The number of hydrogen-bond donors (Lipinski definition) is 0. The van der Waals surface area contributed by atoms with Crippen LogP contribution in [0.4, 0.5) is 5.69 Å². The number of para-hydroxylation sites is 1. The van der Waals surface area contributed by atoms with Crippen molar-refractivity contribution in [2.24, 2.45) is 0 Å². The Bertz CT molecular complexity index is 1010. The van der Waals surface area contributed by atoms with Crippen LogP contribution in [0.3, 0.4) is 0 Å². The van der Waals surface area contributed by atoms with Crippen molar-refractivity contribution in [3.8, 4) is 0 Å². The van der Waals surface area contributed by atoms with Gasteiger partial charge in [0, 0.05) is 31.9 Å². The topological polar surface area (TPSA) is 39.7 Å². The van der Waals surface area contributed by atoms with Gasteiger partial charge in [0.2, 0.25) is 5.91 Å². The van der Waals surface area contributed by atoms with Crippen molar-refractivity contribution in [3.05, 3.63) is 58.6 Å². The summed E-state index contributed by atoms with van der Waals surface area (Å²) in [5.74, 6) is 0.200. The quantitative estimate of drug-likeness (QED) is 0.616. The Balaban J connectivity index is 1.34. The van der Waals surface area contributed by atoms with Gasteiger partial charge in [-0.25, -0.2) is 4.98 Å². The molecule has 0 aliphatic carbocycles. The van der Waals surface area contributed by atoms with Crippen LogP contribution >= 0.6 is 11.3 Å². The van der Waals surface area contributed by atoms with E-state index in [-0.39, 0.29) is 11.9 Å². The first-order valence-corrected chi connectivity index (χ1v) is 11.4. The number of piperazine rings is 1. The van der Waals surface area contributed by atoms with Crippen LogP contribution in [0.1, 0.15) is 29.1 Å². The number of anilines is 1. The van der Waals surface area contributed by atoms with Crippen molar-refractivity contribution in [1.82, 2.24) is 14.8 Å². The van der Waals surface area contributed by atoms with E-state index in [1.165, 1.54) is 21.5 Å². The summed E-state index contributed by atoms with van der Waals surface area (Å²) in [6.07, 6.45) is 0. The molecule has 0 saturated carbocycles. The van der Waals surface area contributed by atoms with E-state index in [9.17, 15) is 4.79 Å². The third kappa shape index (κ3) is 4.20. The second-order valence-corrected chi connectivity index (χ2v) is 9.26. The fraction of sp³-hybridized carbons (Fsp3) is 0.417. The van der Waals surface area contributed by atoms with E-state index in [0.29, 0.717) is 6.54 Å². The van der Waals surface area contributed by atoms with Crippen LogP contribution in [0.5, 0.6) is 0 Å². The van der Waals surface area contributed by atoms with Crippen LogP contribution in [-0.2, 0) is 4.79 Å². The first-order chi connectivity index (χ1) is 14.4. The number of benzene rings is 2.